The van der Waals surface area contributed by atoms with Gasteiger partial charge >= 0.3 is 0 Å². The number of thiazole rings is 1. The fourth-order valence-electron chi connectivity index (χ4n) is 1.99. The van der Waals surface area contributed by atoms with Gasteiger partial charge in [-0.05, 0) is 23.8 Å². The van der Waals surface area contributed by atoms with Crippen molar-refractivity contribution < 1.29 is 0 Å². The summed E-state index contributed by atoms with van der Waals surface area (Å²) in [5.41, 5.74) is 3.97. The molecule has 96 valence electrons. The lowest BCUT2D eigenvalue weighted by Gasteiger charge is -2.08. The molecule has 0 saturated heterocycles. The van der Waals surface area contributed by atoms with Crippen molar-refractivity contribution in [2.45, 2.75) is 13.1 Å². The highest BCUT2D eigenvalue weighted by molar-refractivity contribution is 7.09. The van der Waals surface area contributed by atoms with Gasteiger partial charge in [-0.3, -0.25) is 9.97 Å². The van der Waals surface area contributed by atoms with Crippen LogP contribution in [0.15, 0.2) is 42.2 Å². The van der Waals surface area contributed by atoms with Gasteiger partial charge in [0, 0.05) is 40.8 Å². The van der Waals surface area contributed by atoms with E-state index in [9.17, 15) is 0 Å². The van der Waals surface area contributed by atoms with Crippen molar-refractivity contribution >= 4 is 33.8 Å². The highest BCUT2D eigenvalue weighted by atomic mass is 35.5. The molecule has 1 aromatic carbocycles. The predicted octanol–water partition coefficient (Wildman–Crippen LogP) is 3.63. The molecule has 0 aliphatic rings. The highest BCUT2D eigenvalue weighted by Crippen LogP contribution is 2.24. The molecule has 2 aromatic heterocycles. The molecule has 0 fully saturated rings. The highest BCUT2D eigenvalue weighted by Gasteiger charge is 2.05. The number of aromatic nitrogens is 2. The molecular formula is C14H12ClN3S. The molecule has 19 heavy (non-hydrogen) atoms. The SMILES string of the molecule is Clc1ccc(CNCc2cncs2)c2ncccc12. The Labute approximate surface area is 120 Å². The lowest BCUT2D eigenvalue weighted by Crippen LogP contribution is -2.12. The largest absolute Gasteiger partial charge is 0.308 e. The zero-order chi connectivity index (χ0) is 13.1. The number of hydrogen-bond donors (Lipinski definition) is 1. The second-order valence-electron chi connectivity index (χ2n) is 4.18. The average molecular weight is 290 g/mol. The second-order valence-corrected chi connectivity index (χ2v) is 5.56. The fraction of sp³-hybridized carbons (Fsp3) is 0.143. The minimum Gasteiger partial charge on any atom is -0.308 e. The summed E-state index contributed by atoms with van der Waals surface area (Å²) in [6, 6.07) is 7.85. The normalized spacial score (nSPS) is 11.0. The van der Waals surface area contributed by atoms with Crippen LogP contribution < -0.4 is 5.32 Å². The zero-order valence-electron chi connectivity index (χ0n) is 10.1. The standard InChI is InChI=1S/C14H12ClN3S/c15-13-4-3-10(14-12(13)2-1-5-18-14)6-16-7-11-8-17-9-19-11/h1-5,8-9,16H,6-7H2. The van der Waals surface area contributed by atoms with Crippen LogP contribution >= 0.6 is 22.9 Å². The van der Waals surface area contributed by atoms with Crippen LogP contribution in [0.3, 0.4) is 0 Å². The summed E-state index contributed by atoms with van der Waals surface area (Å²) in [7, 11) is 0. The molecule has 0 aliphatic heterocycles. The number of benzene rings is 1. The number of pyridine rings is 1. The third kappa shape index (κ3) is 2.76. The number of hydrogen-bond acceptors (Lipinski definition) is 4. The molecule has 0 saturated carbocycles. The van der Waals surface area contributed by atoms with Gasteiger partial charge in [0.2, 0.25) is 0 Å². The topological polar surface area (TPSA) is 37.8 Å². The van der Waals surface area contributed by atoms with E-state index in [0.29, 0.717) is 0 Å². The van der Waals surface area contributed by atoms with Gasteiger partial charge in [0.1, 0.15) is 0 Å². The maximum absolute atomic E-state index is 6.18. The first kappa shape index (κ1) is 12.5. The van der Waals surface area contributed by atoms with Gasteiger partial charge < -0.3 is 5.32 Å². The monoisotopic (exact) mass is 289 g/mol. The molecule has 0 aliphatic carbocycles. The summed E-state index contributed by atoms with van der Waals surface area (Å²) < 4.78 is 0. The van der Waals surface area contributed by atoms with E-state index in [-0.39, 0.29) is 0 Å². The van der Waals surface area contributed by atoms with Crippen molar-refractivity contribution in [3.63, 3.8) is 0 Å². The minimum atomic E-state index is 0.745. The van der Waals surface area contributed by atoms with Gasteiger partial charge in [0.25, 0.3) is 0 Å². The van der Waals surface area contributed by atoms with Crippen LogP contribution in [-0.4, -0.2) is 9.97 Å². The van der Waals surface area contributed by atoms with Crippen molar-refractivity contribution in [3.05, 3.63) is 57.6 Å². The molecule has 0 radical (unpaired) electrons. The van der Waals surface area contributed by atoms with E-state index in [1.807, 2.05) is 36.0 Å². The van der Waals surface area contributed by atoms with E-state index >= 15 is 0 Å². The lowest BCUT2D eigenvalue weighted by molar-refractivity contribution is 0.702. The van der Waals surface area contributed by atoms with Crippen LogP contribution in [0.2, 0.25) is 5.02 Å². The summed E-state index contributed by atoms with van der Waals surface area (Å²) in [6.07, 6.45) is 3.68. The maximum atomic E-state index is 6.18. The van der Waals surface area contributed by atoms with Crippen molar-refractivity contribution in [3.8, 4) is 0 Å². The second kappa shape index (κ2) is 5.65. The summed E-state index contributed by atoms with van der Waals surface area (Å²) in [5, 5.41) is 5.15. The molecule has 1 N–H and O–H groups in total. The number of halogens is 1. The van der Waals surface area contributed by atoms with Crippen LogP contribution in [0.5, 0.6) is 0 Å². The zero-order valence-corrected chi connectivity index (χ0v) is 11.7. The van der Waals surface area contributed by atoms with Crippen molar-refractivity contribution in [2.75, 3.05) is 0 Å². The van der Waals surface area contributed by atoms with Gasteiger partial charge in [0.05, 0.1) is 11.0 Å². The Morgan fingerprint density at radius 2 is 2.16 bits per heavy atom. The van der Waals surface area contributed by atoms with Crippen molar-refractivity contribution in [2.24, 2.45) is 0 Å². The molecule has 0 unspecified atom stereocenters. The van der Waals surface area contributed by atoms with E-state index in [0.717, 1.165) is 34.6 Å². The van der Waals surface area contributed by atoms with Crippen molar-refractivity contribution in [1.29, 1.82) is 0 Å². The summed E-state index contributed by atoms with van der Waals surface area (Å²) in [5.74, 6) is 0. The van der Waals surface area contributed by atoms with Gasteiger partial charge in [-0.1, -0.05) is 17.7 Å². The van der Waals surface area contributed by atoms with Crippen LogP contribution in [0.4, 0.5) is 0 Å². The molecule has 0 spiro atoms. The van der Waals surface area contributed by atoms with E-state index in [4.69, 9.17) is 11.6 Å². The quantitative estimate of drug-likeness (QED) is 0.797. The smallest absolute Gasteiger partial charge is 0.0794 e. The Bertz CT molecular complexity index is 682. The number of nitrogens with zero attached hydrogens (tertiary/aromatic N) is 2. The molecule has 3 rings (SSSR count). The first-order valence-corrected chi connectivity index (χ1v) is 7.20. The van der Waals surface area contributed by atoms with Crippen LogP contribution in [0.1, 0.15) is 10.4 Å². The first-order chi connectivity index (χ1) is 9.34. The Morgan fingerprint density at radius 1 is 1.21 bits per heavy atom. The Hall–Kier alpha value is -1.49. The summed E-state index contributed by atoms with van der Waals surface area (Å²) >= 11 is 7.83. The fourth-order valence-corrected chi connectivity index (χ4v) is 2.77. The van der Waals surface area contributed by atoms with Crippen LogP contribution in [-0.2, 0) is 13.1 Å². The third-order valence-electron chi connectivity index (χ3n) is 2.90. The van der Waals surface area contributed by atoms with E-state index in [1.54, 1.807) is 17.5 Å². The van der Waals surface area contributed by atoms with Crippen molar-refractivity contribution in [1.82, 2.24) is 15.3 Å². The van der Waals surface area contributed by atoms with Gasteiger partial charge in [-0.25, -0.2) is 0 Å². The molecule has 0 atom stereocenters. The van der Waals surface area contributed by atoms with Crippen LogP contribution in [0.25, 0.3) is 10.9 Å². The Kier molecular flexibility index (Phi) is 3.73. The summed E-state index contributed by atoms with van der Waals surface area (Å²) in [4.78, 5) is 9.71. The summed E-state index contributed by atoms with van der Waals surface area (Å²) in [6.45, 7) is 1.59. The molecule has 3 aromatic rings. The maximum Gasteiger partial charge on any atom is 0.0794 e. The van der Waals surface area contributed by atoms with E-state index < -0.39 is 0 Å². The Morgan fingerprint density at radius 3 is 3.00 bits per heavy atom. The lowest BCUT2D eigenvalue weighted by atomic mass is 10.1. The number of fused-ring (bicyclic) bond motifs is 1. The minimum absolute atomic E-state index is 0.745. The molecule has 5 heteroatoms. The third-order valence-corrected chi connectivity index (χ3v) is 4.01. The van der Waals surface area contributed by atoms with E-state index in [2.05, 4.69) is 15.3 Å². The van der Waals surface area contributed by atoms with Crippen LogP contribution in [0, 0.1) is 0 Å². The number of rotatable bonds is 4. The molecule has 2 heterocycles. The average Bonchev–Trinajstić information content (AvgIpc) is 2.95. The molecule has 0 amide bonds. The Balaban J connectivity index is 1.79. The van der Waals surface area contributed by atoms with E-state index in [1.165, 1.54) is 4.88 Å². The number of nitrogens with one attached hydrogen (secondary N) is 1. The predicted molar refractivity (Wildman–Crippen MR) is 79.4 cm³/mol. The molecule has 3 nitrogen and oxygen atoms in total. The van der Waals surface area contributed by atoms with Gasteiger partial charge in [-0.2, -0.15) is 0 Å². The van der Waals surface area contributed by atoms with Gasteiger partial charge in [0.15, 0.2) is 0 Å². The molecular weight excluding hydrogens is 278 g/mol. The first-order valence-electron chi connectivity index (χ1n) is 5.95. The molecule has 0 bridgehead atoms. The van der Waals surface area contributed by atoms with Gasteiger partial charge in [-0.15, -0.1) is 11.3 Å².